The maximum atomic E-state index is 11.2. The van der Waals surface area contributed by atoms with E-state index in [1.165, 1.54) is 14.2 Å². The molecule has 0 spiro atoms. The fourth-order valence-corrected chi connectivity index (χ4v) is 2.56. The number of quaternary nitrogens is 2. The van der Waals surface area contributed by atoms with Crippen LogP contribution in [0.15, 0.2) is 0 Å². The third kappa shape index (κ3) is 6.44. The van der Waals surface area contributed by atoms with Crippen LogP contribution in [0.2, 0.25) is 0 Å². The van der Waals surface area contributed by atoms with Crippen LogP contribution >= 0.6 is 0 Å². The van der Waals surface area contributed by atoms with Crippen LogP contribution in [0.4, 0.5) is 0 Å². The van der Waals surface area contributed by atoms with Gasteiger partial charge in [-0.25, -0.2) is 0 Å². The molecule has 6 heteroatoms. The first-order valence-corrected chi connectivity index (χ1v) is 7.13. The van der Waals surface area contributed by atoms with E-state index in [2.05, 4.69) is 14.1 Å². The van der Waals surface area contributed by atoms with Crippen molar-refractivity contribution >= 4 is 11.9 Å². The number of hydrogen-bond acceptors (Lipinski definition) is 4. The van der Waals surface area contributed by atoms with Crippen LogP contribution in [0.25, 0.3) is 0 Å². The van der Waals surface area contributed by atoms with Crippen molar-refractivity contribution in [3.63, 3.8) is 0 Å². The minimum absolute atomic E-state index is 0. The van der Waals surface area contributed by atoms with Gasteiger partial charge in [0.15, 0.2) is 0 Å². The number of hydrogen-bond donors (Lipinski definition) is 0. The Hall–Kier alpha value is -1.14. The minimum atomic E-state index is -0.141. The predicted molar refractivity (Wildman–Crippen MR) is 81.6 cm³/mol. The second-order valence-corrected chi connectivity index (χ2v) is 6.23. The van der Waals surface area contributed by atoms with Crippen LogP contribution < -0.4 is 0 Å². The van der Waals surface area contributed by atoms with E-state index in [1.54, 1.807) is 0 Å². The van der Waals surface area contributed by atoms with Crippen molar-refractivity contribution in [1.29, 1.82) is 0 Å². The highest BCUT2D eigenvalue weighted by molar-refractivity contribution is 5.69. The lowest BCUT2D eigenvalue weighted by Crippen LogP contribution is -2.64. The molecule has 1 aliphatic heterocycles. The molecule has 0 amide bonds. The molecule has 0 radical (unpaired) electrons. The first-order chi connectivity index (χ1) is 9.32. The number of rotatable bonds is 6. The van der Waals surface area contributed by atoms with Gasteiger partial charge in [0.1, 0.15) is 26.2 Å². The number of likely N-dealkylation sites (N-methyl/N-ethyl adjacent to an activating group) is 2. The lowest BCUT2D eigenvalue weighted by atomic mass is 10.2. The van der Waals surface area contributed by atoms with E-state index in [-0.39, 0.29) is 19.4 Å². The SMILES string of the molecule is C.COC(=O)CC[N+]1(C)CC[N+](C)(CCC(=O)OC)CC1. The highest BCUT2D eigenvalue weighted by atomic mass is 16.5. The Kier molecular flexibility index (Phi) is 7.89. The van der Waals surface area contributed by atoms with Gasteiger partial charge in [0.2, 0.25) is 0 Å². The lowest BCUT2D eigenvalue weighted by Gasteiger charge is -2.46. The number of piperazine rings is 1. The monoisotopic (exact) mass is 304 g/mol. The molecular weight excluding hydrogens is 272 g/mol. The topological polar surface area (TPSA) is 52.6 Å². The van der Waals surface area contributed by atoms with Crippen molar-refractivity contribution in [3.8, 4) is 0 Å². The van der Waals surface area contributed by atoms with Crippen molar-refractivity contribution in [2.24, 2.45) is 0 Å². The van der Waals surface area contributed by atoms with Crippen molar-refractivity contribution in [1.82, 2.24) is 0 Å². The first kappa shape index (κ1) is 19.9. The quantitative estimate of drug-likeness (QED) is 0.534. The molecule has 1 fully saturated rings. The van der Waals surface area contributed by atoms with E-state index >= 15 is 0 Å². The minimum Gasteiger partial charge on any atom is -0.469 e. The van der Waals surface area contributed by atoms with Gasteiger partial charge in [0.25, 0.3) is 0 Å². The average Bonchev–Trinajstić information content (AvgIpc) is 2.46. The number of carbonyl (C=O) groups is 2. The number of nitrogens with zero attached hydrogens (tertiary/aromatic N) is 2. The second kappa shape index (κ2) is 8.34. The summed E-state index contributed by atoms with van der Waals surface area (Å²) in [5, 5.41) is 0. The van der Waals surface area contributed by atoms with Crippen molar-refractivity contribution < 1.29 is 28.0 Å². The van der Waals surface area contributed by atoms with Crippen LogP contribution in [0.3, 0.4) is 0 Å². The van der Waals surface area contributed by atoms with Gasteiger partial charge in [-0.3, -0.25) is 9.59 Å². The van der Waals surface area contributed by atoms with Gasteiger partial charge in [0, 0.05) is 0 Å². The summed E-state index contributed by atoms with van der Waals surface area (Å²) in [6.07, 6.45) is 0.942. The number of carbonyl (C=O) groups excluding carboxylic acids is 2. The molecule has 1 rings (SSSR count). The van der Waals surface area contributed by atoms with Gasteiger partial charge in [-0.15, -0.1) is 0 Å². The molecule has 0 aliphatic carbocycles. The summed E-state index contributed by atoms with van der Waals surface area (Å²) in [4.78, 5) is 22.5. The van der Waals surface area contributed by atoms with Gasteiger partial charge in [-0.1, -0.05) is 7.43 Å². The summed E-state index contributed by atoms with van der Waals surface area (Å²) in [6.45, 7) is 5.74. The van der Waals surface area contributed by atoms with Crippen molar-refractivity contribution in [3.05, 3.63) is 0 Å². The van der Waals surface area contributed by atoms with E-state index in [0.29, 0.717) is 12.8 Å². The summed E-state index contributed by atoms with van der Waals surface area (Å²) in [5.74, 6) is -0.282. The number of methoxy groups -OCH3 is 2. The standard InChI is InChI=1S/C14H28N2O4.CH4/c1-15(7-5-13(17)19-3)9-11-16(2,12-10-15)8-6-14(18)20-4;/h5-12H2,1-4H3;1H4/q+2;. The van der Waals surface area contributed by atoms with E-state index in [9.17, 15) is 9.59 Å². The Bertz CT molecular complexity index is 316. The first-order valence-electron chi connectivity index (χ1n) is 7.13. The molecule has 0 unspecified atom stereocenters. The zero-order chi connectivity index (χ0) is 15.2. The van der Waals surface area contributed by atoms with E-state index < -0.39 is 0 Å². The van der Waals surface area contributed by atoms with Crippen LogP contribution in [-0.4, -0.2) is 88.5 Å². The molecule has 1 saturated heterocycles. The van der Waals surface area contributed by atoms with Gasteiger partial charge >= 0.3 is 11.9 Å². The molecule has 1 aliphatic rings. The zero-order valence-corrected chi connectivity index (χ0v) is 13.2. The number of esters is 2. The summed E-state index contributed by atoms with van der Waals surface area (Å²) >= 11 is 0. The predicted octanol–water partition coefficient (Wildman–Crippen LogP) is 0.656. The van der Waals surface area contributed by atoms with Gasteiger partial charge < -0.3 is 18.4 Å². The van der Waals surface area contributed by atoms with E-state index in [4.69, 9.17) is 9.47 Å². The molecule has 124 valence electrons. The Morgan fingerprint density at radius 3 is 1.33 bits per heavy atom. The van der Waals surface area contributed by atoms with Gasteiger partial charge in [-0.2, -0.15) is 0 Å². The van der Waals surface area contributed by atoms with E-state index in [1.807, 2.05) is 0 Å². The fourth-order valence-electron chi connectivity index (χ4n) is 2.56. The molecule has 0 bridgehead atoms. The Labute approximate surface area is 128 Å². The molecule has 0 atom stereocenters. The third-order valence-electron chi connectivity index (χ3n) is 4.53. The summed E-state index contributed by atoms with van der Waals surface area (Å²) in [7, 11) is 7.23. The molecule has 0 aromatic carbocycles. The normalized spacial score (nSPS) is 28.4. The average molecular weight is 304 g/mol. The molecule has 0 aromatic heterocycles. The van der Waals surface area contributed by atoms with Crippen LogP contribution in [0.5, 0.6) is 0 Å². The Morgan fingerprint density at radius 1 is 0.810 bits per heavy atom. The number of ether oxygens (including phenoxy) is 2. The van der Waals surface area contributed by atoms with Crippen LogP contribution in [0.1, 0.15) is 20.3 Å². The molecule has 1 heterocycles. The highest BCUT2D eigenvalue weighted by Crippen LogP contribution is 2.17. The Morgan fingerprint density at radius 2 is 1.10 bits per heavy atom. The second-order valence-electron chi connectivity index (χ2n) is 6.23. The molecule has 0 N–H and O–H groups in total. The van der Waals surface area contributed by atoms with Crippen LogP contribution in [0, 0.1) is 0 Å². The largest absolute Gasteiger partial charge is 0.469 e. The summed E-state index contributed by atoms with van der Waals surface area (Å²) in [6, 6.07) is 0. The fraction of sp³-hybridized carbons (Fsp3) is 0.867. The van der Waals surface area contributed by atoms with Gasteiger partial charge in [0.05, 0.1) is 54.2 Å². The molecule has 0 aromatic rings. The van der Waals surface area contributed by atoms with Crippen molar-refractivity contribution in [2.45, 2.75) is 20.3 Å². The summed E-state index contributed by atoms with van der Waals surface area (Å²) in [5.41, 5.74) is 0. The van der Waals surface area contributed by atoms with Crippen molar-refractivity contribution in [2.75, 3.05) is 67.6 Å². The maximum Gasteiger partial charge on any atom is 0.311 e. The lowest BCUT2D eigenvalue weighted by molar-refractivity contribution is -1.01. The molecular formula is C15H32N2O4+2. The zero-order valence-electron chi connectivity index (χ0n) is 13.2. The highest BCUT2D eigenvalue weighted by Gasteiger charge is 2.37. The maximum absolute atomic E-state index is 11.2. The summed E-state index contributed by atoms with van der Waals surface area (Å²) < 4.78 is 11.2. The van der Waals surface area contributed by atoms with Gasteiger partial charge in [-0.05, 0) is 0 Å². The molecule has 21 heavy (non-hydrogen) atoms. The smallest absolute Gasteiger partial charge is 0.311 e. The van der Waals surface area contributed by atoms with E-state index in [0.717, 1.165) is 48.2 Å². The molecule has 0 saturated carbocycles. The molecule has 6 nitrogen and oxygen atoms in total. The Balaban J connectivity index is 0.00000400. The third-order valence-corrected chi connectivity index (χ3v) is 4.53. The van der Waals surface area contributed by atoms with Crippen LogP contribution in [-0.2, 0) is 19.1 Å².